The second-order valence-electron chi connectivity index (χ2n) is 8.26. The van der Waals surface area contributed by atoms with Crippen LogP contribution in [0.15, 0.2) is 90.1 Å². The molecule has 36 heavy (non-hydrogen) atoms. The van der Waals surface area contributed by atoms with E-state index < -0.39 is 0 Å². The number of carbonyl (C=O) groups is 1. The van der Waals surface area contributed by atoms with E-state index in [1.165, 1.54) is 5.56 Å². The minimum atomic E-state index is -0.241. The molecule has 0 fully saturated rings. The summed E-state index contributed by atoms with van der Waals surface area (Å²) in [6, 6.07) is 28.0. The smallest absolute Gasteiger partial charge is 0.319 e. The van der Waals surface area contributed by atoms with Crippen molar-refractivity contribution in [3.05, 3.63) is 84.9 Å². The van der Waals surface area contributed by atoms with E-state index >= 15 is 0 Å². The van der Waals surface area contributed by atoms with Crippen molar-refractivity contribution >= 4 is 23.5 Å². The Morgan fingerprint density at radius 1 is 0.944 bits per heavy atom. The lowest BCUT2D eigenvalue weighted by Gasteiger charge is -2.12. The number of nitrogens with one attached hydrogen (secondary N) is 2. The number of anilines is 1. The minimum absolute atomic E-state index is 0.241. The molecule has 186 valence electrons. The number of carbonyl (C=O) groups excluding carboxylic acids is 1. The summed E-state index contributed by atoms with van der Waals surface area (Å²) in [5, 5.41) is 6.78. The quantitative estimate of drug-likeness (QED) is 0.173. The van der Waals surface area contributed by atoms with Crippen molar-refractivity contribution < 1.29 is 9.53 Å². The predicted octanol–water partition coefficient (Wildman–Crippen LogP) is 6.94. The zero-order chi connectivity index (χ0) is 25.2. The van der Waals surface area contributed by atoms with Crippen LogP contribution in [-0.4, -0.2) is 35.0 Å². The third kappa shape index (κ3) is 6.29. The number of urea groups is 1. The van der Waals surface area contributed by atoms with Gasteiger partial charge >= 0.3 is 6.03 Å². The molecule has 3 aromatic carbocycles. The topological polar surface area (TPSA) is 68.2 Å². The normalized spacial score (nSPS) is 10.7. The van der Waals surface area contributed by atoms with Crippen LogP contribution in [0.1, 0.15) is 19.8 Å². The van der Waals surface area contributed by atoms with Crippen LogP contribution >= 0.6 is 11.8 Å². The van der Waals surface area contributed by atoms with Crippen molar-refractivity contribution in [3.8, 4) is 28.3 Å². The van der Waals surface area contributed by atoms with Crippen molar-refractivity contribution in [2.75, 3.05) is 24.7 Å². The first-order valence-corrected chi connectivity index (χ1v) is 13.2. The van der Waals surface area contributed by atoms with E-state index in [2.05, 4.69) is 70.7 Å². The summed E-state index contributed by atoms with van der Waals surface area (Å²) in [5.41, 5.74) is 5.09. The fourth-order valence-electron chi connectivity index (χ4n) is 4.01. The van der Waals surface area contributed by atoms with Crippen molar-refractivity contribution in [2.24, 2.45) is 0 Å². The van der Waals surface area contributed by atoms with Crippen LogP contribution in [-0.2, 0) is 6.54 Å². The Labute approximate surface area is 217 Å². The third-order valence-corrected chi connectivity index (χ3v) is 6.73. The van der Waals surface area contributed by atoms with Crippen LogP contribution in [0.3, 0.4) is 0 Å². The van der Waals surface area contributed by atoms with Crippen LogP contribution < -0.4 is 15.4 Å². The molecule has 0 bridgehead atoms. The van der Waals surface area contributed by atoms with E-state index in [0.717, 1.165) is 47.2 Å². The maximum Gasteiger partial charge on any atom is 0.319 e. The van der Waals surface area contributed by atoms with E-state index in [0.29, 0.717) is 18.0 Å². The molecule has 1 aromatic heterocycles. The van der Waals surface area contributed by atoms with Gasteiger partial charge in [0.05, 0.1) is 24.2 Å². The summed E-state index contributed by atoms with van der Waals surface area (Å²) >= 11 is 1.73. The number of hydrogen-bond donors (Lipinski definition) is 2. The van der Waals surface area contributed by atoms with Crippen molar-refractivity contribution in [2.45, 2.75) is 31.5 Å². The standard InChI is InChI=1S/C29H32N4O2S/c1-3-20-33-27(23-15-8-5-9-16-23)26(22-13-6-4-7-14-22)32-29(33)36-21-12-19-30-28(34)31-24-17-10-11-18-25(24)35-2/h4-11,13-18H,3,12,19-21H2,1-2H3,(H2,30,31,34). The zero-order valence-electron chi connectivity index (χ0n) is 20.7. The van der Waals surface area contributed by atoms with Gasteiger partial charge in [0.15, 0.2) is 5.16 Å². The lowest BCUT2D eigenvalue weighted by molar-refractivity contribution is 0.252. The van der Waals surface area contributed by atoms with Gasteiger partial charge in [0, 0.05) is 30.0 Å². The predicted molar refractivity (Wildman–Crippen MR) is 149 cm³/mol. The highest BCUT2D eigenvalue weighted by molar-refractivity contribution is 7.99. The fourth-order valence-corrected chi connectivity index (χ4v) is 4.98. The van der Waals surface area contributed by atoms with Gasteiger partial charge in [-0.15, -0.1) is 0 Å². The number of nitrogens with zero attached hydrogens (tertiary/aromatic N) is 2. The summed E-state index contributed by atoms with van der Waals surface area (Å²) in [6.45, 7) is 3.65. The molecule has 0 saturated carbocycles. The molecule has 0 aliphatic heterocycles. The molecule has 4 rings (SSSR count). The van der Waals surface area contributed by atoms with E-state index in [1.54, 1.807) is 18.9 Å². The molecule has 2 amide bonds. The Kier molecular flexibility index (Phi) is 9.05. The number of benzene rings is 3. The Hall–Kier alpha value is -3.71. The second kappa shape index (κ2) is 12.8. The lowest BCUT2D eigenvalue weighted by atomic mass is 10.0. The maximum atomic E-state index is 12.3. The van der Waals surface area contributed by atoms with Gasteiger partial charge in [0.2, 0.25) is 0 Å². The van der Waals surface area contributed by atoms with Crippen molar-refractivity contribution in [3.63, 3.8) is 0 Å². The average Bonchev–Trinajstić information content (AvgIpc) is 3.28. The Bertz CT molecular complexity index is 1260. The van der Waals surface area contributed by atoms with E-state index in [-0.39, 0.29) is 6.03 Å². The van der Waals surface area contributed by atoms with Crippen molar-refractivity contribution in [1.29, 1.82) is 0 Å². The number of para-hydroxylation sites is 2. The molecule has 0 atom stereocenters. The lowest BCUT2D eigenvalue weighted by Crippen LogP contribution is -2.29. The summed E-state index contributed by atoms with van der Waals surface area (Å²) in [6.07, 6.45) is 1.84. The molecule has 0 saturated heterocycles. The fraction of sp³-hybridized carbons (Fsp3) is 0.241. The molecule has 0 aliphatic carbocycles. The maximum absolute atomic E-state index is 12.3. The van der Waals surface area contributed by atoms with E-state index in [4.69, 9.17) is 9.72 Å². The molecule has 6 nitrogen and oxygen atoms in total. The summed E-state index contributed by atoms with van der Waals surface area (Å²) in [4.78, 5) is 17.4. The van der Waals surface area contributed by atoms with Gasteiger partial charge < -0.3 is 19.9 Å². The largest absolute Gasteiger partial charge is 0.495 e. The number of aromatic nitrogens is 2. The first-order valence-electron chi connectivity index (χ1n) is 12.2. The molecule has 4 aromatic rings. The van der Waals surface area contributed by atoms with Crippen LogP contribution in [0, 0.1) is 0 Å². The SMILES string of the molecule is CCCn1c(SCCCNC(=O)Nc2ccccc2OC)nc(-c2ccccc2)c1-c1ccccc1. The Balaban J connectivity index is 1.43. The highest BCUT2D eigenvalue weighted by atomic mass is 32.2. The van der Waals surface area contributed by atoms with Gasteiger partial charge in [-0.3, -0.25) is 0 Å². The number of ether oxygens (including phenoxy) is 1. The second-order valence-corrected chi connectivity index (χ2v) is 9.32. The van der Waals surface area contributed by atoms with Crippen LogP contribution in [0.25, 0.3) is 22.5 Å². The molecule has 0 spiro atoms. The monoisotopic (exact) mass is 500 g/mol. The van der Waals surface area contributed by atoms with Gasteiger partial charge in [-0.2, -0.15) is 0 Å². The van der Waals surface area contributed by atoms with Gasteiger partial charge in [0.1, 0.15) is 5.75 Å². The van der Waals surface area contributed by atoms with E-state index in [1.807, 2.05) is 36.4 Å². The first kappa shape index (κ1) is 25.4. The number of amides is 2. The minimum Gasteiger partial charge on any atom is -0.495 e. The zero-order valence-corrected chi connectivity index (χ0v) is 21.6. The molecule has 7 heteroatoms. The third-order valence-electron chi connectivity index (χ3n) is 5.67. The molecule has 2 N–H and O–H groups in total. The molecule has 0 radical (unpaired) electrons. The van der Waals surface area contributed by atoms with Crippen LogP contribution in [0.4, 0.5) is 10.5 Å². The molecular formula is C29H32N4O2S. The summed E-state index contributed by atoms with van der Waals surface area (Å²) < 4.78 is 7.63. The van der Waals surface area contributed by atoms with Gasteiger partial charge in [-0.25, -0.2) is 9.78 Å². The van der Waals surface area contributed by atoms with Gasteiger partial charge in [0.25, 0.3) is 0 Å². The molecule has 1 heterocycles. The highest BCUT2D eigenvalue weighted by Crippen LogP contribution is 2.36. The highest BCUT2D eigenvalue weighted by Gasteiger charge is 2.19. The number of methoxy groups -OCH3 is 1. The van der Waals surface area contributed by atoms with Crippen molar-refractivity contribution in [1.82, 2.24) is 14.9 Å². The Morgan fingerprint density at radius 3 is 2.31 bits per heavy atom. The van der Waals surface area contributed by atoms with Crippen LogP contribution in [0.2, 0.25) is 0 Å². The number of imidazole rings is 1. The Morgan fingerprint density at radius 2 is 1.61 bits per heavy atom. The summed E-state index contributed by atoms with van der Waals surface area (Å²) in [5.74, 6) is 1.48. The first-order chi connectivity index (χ1) is 17.7. The van der Waals surface area contributed by atoms with Gasteiger partial charge in [-0.05, 0) is 25.0 Å². The molecule has 0 aliphatic rings. The molecule has 0 unspecified atom stereocenters. The number of hydrogen-bond acceptors (Lipinski definition) is 4. The van der Waals surface area contributed by atoms with E-state index in [9.17, 15) is 4.79 Å². The number of rotatable bonds is 11. The van der Waals surface area contributed by atoms with Crippen LogP contribution in [0.5, 0.6) is 5.75 Å². The summed E-state index contributed by atoms with van der Waals surface area (Å²) in [7, 11) is 1.59. The van der Waals surface area contributed by atoms with Gasteiger partial charge in [-0.1, -0.05) is 91.5 Å². The number of thioether (sulfide) groups is 1. The molecular weight excluding hydrogens is 468 g/mol. The average molecular weight is 501 g/mol.